The molecular formula is C18H13F2N3O. The molecule has 0 aliphatic carbocycles. The molecule has 2 aromatic heterocycles. The second-order valence-corrected chi connectivity index (χ2v) is 5.04. The average molecular weight is 325 g/mol. The standard InChI is InChI=1S/C18H13F2N3O/c19-13-4-6-15(7-5-13)23(12-14-3-1-2-9-22-14)18(24)16-8-10-21-11-17(16)20/h1-11H,12H2. The molecule has 2 heterocycles. The SMILES string of the molecule is O=C(c1ccncc1F)N(Cc1ccccn1)c1ccc(F)cc1. The zero-order chi connectivity index (χ0) is 16.9. The third kappa shape index (κ3) is 3.43. The molecule has 6 heteroatoms. The largest absolute Gasteiger partial charge is 0.302 e. The monoisotopic (exact) mass is 325 g/mol. The van der Waals surface area contributed by atoms with E-state index in [1.807, 2.05) is 0 Å². The summed E-state index contributed by atoms with van der Waals surface area (Å²) in [5, 5.41) is 0. The summed E-state index contributed by atoms with van der Waals surface area (Å²) in [6.07, 6.45) is 3.94. The third-order valence-electron chi connectivity index (χ3n) is 3.43. The van der Waals surface area contributed by atoms with Crippen LogP contribution in [0.15, 0.2) is 67.1 Å². The van der Waals surface area contributed by atoms with Gasteiger partial charge in [-0.3, -0.25) is 14.8 Å². The maximum atomic E-state index is 13.9. The first-order valence-corrected chi connectivity index (χ1v) is 7.22. The van der Waals surface area contributed by atoms with Gasteiger partial charge in [0, 0.05) is 18.1 Å². The van der Waals surface area contributed by atoms with Crippen LogP contribution in [0.5, 0.6) is 0 Å². The van der Waals surface area contributed by atoms with Crippen LogP contribution in [0.25, 0.3) is 0 Å². The van der Waals surface area contributed by atoms with Crippen molar-refractivity contribution in [2.45, 2.75) is 6.54 Å². The van der Waals surface area contributed by atoms with Gasteiger partial charge in [-0.05, 0) is 42.5 Å². The molecule has 4 nitrogen and oxygen atoms in total. The highest BCUT2D eigenvalue weighted by Crippen LogP contribution is 2.21. The topological polar surface area (TPSA) is 46.1 Å². The minimum Gasteiger partial charge on any atom is -0.302 e. The first-order valence-electron chi connectivity index (χ1n) is 7.22. The van der Waals surface area contributed by atoms with E-state index in [0.717, 1.165) is 6.20 Å². The fourth-order valence-corrected chi connectivity index (χ4v) is 2.25. The summed E-state index contributed by atoms with van der Waals surface area (Å²) in [5.74, 6) is -1.68. The van der Waals surface area contributed by atoms with Gasteiger partial charge in [-0.2, -0.15) is 0 Å². The number of rotatable bonds is 4. The van der Waals surface area contributed by atoms with Crippen molar-refractivity contribution in [3.05, 3.63) is 90.0 Å². The van der Waals surface area contributed by atoms with Gasteiger partial charge in [0.25, 0.3) is 5.91 Å². The minimum absolute atomic E-state index is 0.106. The van der Waals surface area contributed by atoms with Gasteiger partial charge in [0.2, 0.25) is 0 Å². The summed E-state index contributed by atoms with van der Waals surface area (Å²) in [7, 11) is 0. The Kier molecular flexibility index (Phi) is 4.56. The van der Waals surface area contributed by atoms with Crippen LogP contribution in [0.4, 0.5) is 14.5 Å². The molecule has 0 aliphatic heterocycles. The molecule has 0 unspecified atom stereocenters. The predicted molar refractivity (Wildman–Crippen MR) is 85.3 cm³/mol. The lowest BCUT2D eigenvalue weighted by Crippen LogP contribution is -2.31. The van der Waals surface area contributed by atoms with Crippen LogP contribution in [0.3, 0.4) is 0 Å². The van der Waals surface area contributed by atoms with Crippen molar-refractivity contribution >= 4 is 11.6 Å². The molecule has 0 aliphatic rings. The number of anilines is 1. The molecule has 0 fully saturated rings. The summed E-state index contributed by atoms with van der Waals surface area (Å²) >= 11 is 0. The lowest BCUT2D eigenvalue weighted by molar-refractivity contribution is 0.0980. The maximum absolute atomic E-state index is 13.9. The van der Waals surface area contributed by atoms with E-state index in [4.69, 9.17) is 0 Å². The molecular weight excluding hydrogens is 312 g/mol. The predicted octanol–water partition coefficient (Wildman–Crippen LogP) is 3.60. The van der Waals surface area contributed by atoms with Crippen LogP contribution in [-0.4, -0.2) is 15.9 Å². The highest BCUT2D eigenvalue weighted by atomic mass is 19.1. The van der Waals surface area contributed by atoms with Crippen molar-refractivity contribution in [1.29, 1.82) is 0 Å². The maximum Gasteiger partial charge on any atom is 0.261 e. The van der Waals surface area contributed by atoms with Gasteiger partial charge in [0.15, 0.2) is 5.82 Å². The van der Waals surface area contributed by atoms with E-state index in [1.165, 1.54) is 41.4 Å². The average Bonchev–Trinajstić information content (AvgIpc) is 2.61. The van der Waals surface area contributed by atoms with Crippen LogP contribution in [0.1, 0.15) is 16.1 Å². The normalized spacial score (nSPS) is 10.4. The number of halogens is 2. The van der Waals surface area contributed by atoms with E-state index >= 15 is 0 Å². The minimum atomic E-state index is -0.712. The molecule has 0 saturated carbocycles. The molecule has 0 N–H and O–H groups in total. The van der Waals surface area contributed by atoms with Crippen molar-refractivity contribution in [3.63, 3.8) is 0 Å². The first-order chi connectivity index (χ1) is 11.6. The van der Waals surface area contributed by atoms with E-state index in [9.17, 15) is 13.6 Å². The Morgan fingerprint density at radius 2 is 1.79 bits per heavy atom. The molecule has 120 valence electrons. The van der Waals surface area contributed by atoms with Gasteiger partial charge in [0.05, 0.1) is 24.0 Å². The van der Waals surface area contributed by atoms with Gasteiger partial charge < -0.3 is 4.90 Å². The molecule has 0 spiro atoms. The Labute approximate surface area is 137 Å². The summed E-state index contributed by atoms with van der Waals surface area (Å²) in [4.78, 5) is 22.0. The first kappa shape index (κ1) is 15.7. The third-order valence-corrected chi connectivity index (χ3v) is 3.43. The van der Waals surface area contributed by atoms with Crippen molar-refractivity contribution < 1.29 is 13.6 Å². The Bertz CT molecular complexity index is 838. The molecule has 3 aromatic rings. The number of carbonyl (C=O) groups is 1. The number of pyridine rings is 2. The zero-order valence-electron chi connectivity index (χ0n) is 12.6. The van der Waals surface area contributed by atoms with Crippen LogP contribution >= 0.6 is 0 Å². The van der Waals surface area contributed by atoms with Crippen molar-refractivity contribution in [2.24, 2.45) is 0 Å². The fraction of sp³-hybridized carbons (Fsp3) is 0.0556. The fourth-order valence-electron chi connectivity index (χ4n) is 2.25. The Morgan fingerprint density at radius 3 is 2.46 bits per heavy atom. The highest BCUT2D eigenvalue weighted by molar-refractivity contribution is 6.06. The summed E-state index contributed by atoms with van der Waals surface area (Å²) in [5.41, 5.74) is 0.971. The zero-order valence-corrected chi connectivity index (χ0v) is 12.6. The molecule has 0 bridgehead atoms. The van der Waals surface area contributed by atoms with Crippen LogP contribution in [0, 0.1) is 11.6 Å². The van der Waals surface area contributed by atoms with E-state index in [0.29, 0.717) is 11.4 Å². The molecule has 24 heavy (non-hydrogen) atoms. The Morgan fingerprint density at radius 1 is 1.00 bits per heavy atom. The number of nitrogens with zero attached hydrogens (tertiary/aromatic N) is 3. The van der Waals surface area contributed by atoms with Crippen molar-refractivity contribution in [1.82, 2.24) is 9.97 Å². The van der Waals surface area contributed by atoms with E-state index in [2.05, 4.69) is 9.97 Å². The van der Waals surface area contributed by atoms with E-state index in [1.54, 1.807) is 24.4 Å². The molecule has 3 rings (SSSR count). The second kappa shape index (κ2) is 6.95. The number of benzene rings is 1. The Balaban J connectivity index is 1.99. The summed E-state index contributed by atoms with van der Waals surface area (Å²) in [6, 6.07) is 12.1. The van der Waals surface area contributed by atoms with Gasteiger partial charge in [-0.1, -0.05) is 6.07 Å². The molecule has 0 radical (unpaired) electrons. The quantitative estimate of drug-likeness (QED) is 0.736. The lowest BCUT2D eigenvalue weighted by atomic mass is 10.2. The van der Waals surface area contributed by atoms with Crippen LogP contribution < -0.4 is 4.90 Å². The number of aromatic nitrogens is 2. The van der Waals surface area contributed by atoms with Gasteiger partial charge >= 0.3 is 0 Å². The second-order valence-electron chi connectivity index (χ2n) is 5.04. The smallest absolute Gasteiger partial charge is 0.261 e. The van der Waals surface area contributed by atoms with Crippen LogP contribution in [-0.2, 0) is 6.54 Å². The van der Waals surface area contributed by atoms with Crippen molar-refractivity contribution in [2.75, 3.05) is 4.90 Å². The molecule has 0 saturated heterocycles. The summed E-state index contributed by atoms with van der Waals surface area (Å²) < 4.78 is 27.1. The number of hydrogen-bond acceptors (Lipinski definition) is 3. The van der Waals surface area contributed by atoms with Gasteiger partial charge in [0.1, 0.15) is 5.82 Å². The van der Waals surface area contributed by atoms with E-state index < -0.39 is 17.5 Å². The van der Waals surface area contributed by atoms with Gasteiger partial charge in [-0.15, -0.1) is 0 Å². The molecule has 1 aromatic carbocycles. The highest BCUT2D eigenvalue weighted by Gasteiger charge is 2.21. The van der Waals surface area contributed by atoms with E-state index in [-0.39, 0.29) is 12.1 Å². The van der Waals surface area contributed by atoms with Crippen molar-refractivity contribution in [3.8, 4) is 0 Å². The number of amides is 1. The Hall–Kier alpha value is -3.15. The number of carbonyl (C=O) groups excluding carboxylic acids is 1. The van der Waals surface area contributed by atoms with Gasteiger partial charge in [-0.25, -0.2) is 8.78 Å². The lowest BCUT2D eigenvalue weighted by Gasteiger charge is -2.23. The molecule has 0 atom stereocenters. The number of hydrogen-bond donors (Lipinski definition) is 0. The summed E-state index contributed by atoms with van der Waals surface area (Å²) in [6.45, 7) is 0.132. The van der Waals surface area contributed by atoms with Crippen LogP contribution in [0.2, 0.25) is 0 Å². The molecule has 1 amide bonds.